The minimum Gasteiger partial charge on any atom is -0.481 e. The standard InChI is InChI=1S/C18H25NO4/c1-17(2,3)23-16(22)19-10-9-12-7-6-8-13(15(12)19)18(4,5)11-14(20)21/h6-8H,9-11H2,1-5H3,(H,20,21). The van der Waals surface area contributed by atoms with Crippen LogP contribution >= 0.6 is 0 Å². The number of anilines is 1. The monoisotopic (exact) mass is 319 g/mol. The number of hydrogen-bond donors (Lipinski definition) is 1. The Kier molecular flexibility index (Phi) is 4.42. The van der Waals surface area contributed by atoms with E-state index in [-0.39, 0.29) is 12.5 Å². The zero-order valence-electron chi connectivity index (χ0n) is 14.5. The van der Waals surface area contributed by atoms with Gasteiger partial charge in [0, 0.05) is 12.0 Å². The van der Waals surface area contributed by atoms with E-state index in [1.165, 1.54) is 0 Å². The zero-order chi connectivity index (χ0) is 17.4. The van der Waals surface area contributed by atoms with E-state index in [1.807, 2.05) is 52.8 Å². The highest BCUT2D eigenvalue weighted by Crippen LogP contribution is 2.40. The van der Waals surface area contributed by atoms with Crippen molar-refractivity contribution in [2.24, 2.45) is 0 Å². The number of rotatable bonds is 3. The summed E-state index contributed by atoms with van der Waals surface area (Å²) in [4.78, 5) is 25.3. The molecule has 1 heterocycles. The van der Waals surface area contributed by atoms with Crippen LogP contribution in [-0.4, -0.2) is 29.3 Å². The Labute approximate surface area is 137 Å². The molecule has 0 atom stereocenters. The smallest absolute Gasteiger partial charge is 0.414 e. The van der Waals surface area contributed by atoms with E-state index in [1.54, 1.807) is 4.90 Å². The molecule has 2 rings (SSSR count). The van der Waals surface area contributed by atoms with Crippen LogP contribution in [0.15, 0.2) is 18.2 Å². The van der Waals surface area contributed by atoms with Crippen LogP contribution in [0.4, 0.5) is 10.5 Å². The zero-order valence-corrected chi connectivity index (χ0v) is 14.5. The molecule has 1 aliphatic heterocycles. The maximum Gasteiger partial charge on any atom is 0.414 e. The van der Waals surface area contributed by atoms with Gasteiger partial charge in [0.25, 0.3) is 0 Å². The van der Waals surface area contributed by atoms with Crippen LogP contribution in [0.3, 0.4) is 0 Å². The molecule has 0 saturated carbocycles. The Balaban J connectivity index is 2.42. The van der Waals surface area contributed by atoms with Crippen molar-refractivity contribution < 1.29 is 19.4 Å². The average molecular weight is 319 g/mol. The predicted octanol–water partition coefficient (Wildman–Crippen LogP) is 3.74. The molecule has 5 heteroatoms. The van der Waals surface area contributed by atoms with Gasteiger partial charge in [-0.15, -0.1) is 0 Å². The summed E-state index contributed by atoms with van der Waals surface area (Å²) in [7, 11) is 0. The molecule has 0 spiro atoms. The van der Waals surface area contributed by atoms with Crippen molar-refractivity contribution in [1.82, 2.24) is 0 Å². The molecule has 1 aromatic rings. The molecule has 0 aliphatic carbocycles. The average Bonchev–Trinajstić information content (AvgIpc) is 2.78. The van der Waals surface area contributed by atoms with Crippen LogP contribution in [0.5, 0.6) is 0 Å². The molecule has 0 radical (unpaired) electrons. The normalized spacial score (nSPS) is 14.6. The first kappa shape index (κ1) is 17.3. The highest BCUT2D eigenvalue weighted by Gasteiger charge is 2.35. The maximum absolute atomic E-state index is 12.5. The summed E-state index contributed by atoms with van der Waals surface area (Å²) in [5.41, 5.74) is 1.62. The lowest BCUT2D eigenvalue weighted by Crippen LogP contribution is -2.37. The van der Waals surface area contributed by atoms with Crippen molar-refractivity contribution >= 4 is 17.7 Å². The van der Waals surface area contributed by atoms with E-state index < -0.39 is 17.0 Å². The van der Waals surface area contributed by atoms with Crippen molar-refractivity contribution in [3.05, 3.63) is 29.3 Å². The molecule has 23 heavy (non-hydrogen) atoms. The Morgan fingerprint density at radius 2 is 1.87 bits per heavy atom. The number of hydrogen-bond acceptors (Lipinski definition) is 3. The lowest BCUT2D eigenvalue weighted by atomic mass is 9.80. The van der Waals surface area contributed by atoms with Gasteiger partial charge in [-0.05, 0) is 38.3 Å². The highest BCUT2D eigenvalue weighted by atomic mass is 16.6. The van der Waals surface area contributed by atoms with Gasteiger partial charge in [0.15, 0.2) is 0 Å². The van der Waals surface area contributed by atoms with Gasteiger partial charge in [0.05, 0.1) is 12.1 Å². The minimum atomic E-state index is -0.852. The van der Waals surface area contributed by atoms with Gasteiger partial charge < -0.3 is 9.84 Å². The van der Waals surface area contributed by atoms with E-state index in [0.29, 0.717) is 6.54 Å². The van der Waals surface area contributed by atoms with Crippen LogP contribution in [0, 0.1) is 0 Å². The van der Waals surface area contributed by atoms with Crippen molar-refractivity contribution in [2.75, 3.05) is 11.4 Å². The van der Waals surface area contributed by atoms with Crippen LogP contribution in [-0.2, 0) is 21.4 Å². The number of aliphatic carboxylic acids is 1. The maximum atomic E-state index is 12.5. The van der Waals surface area contributed by atoms with E-state index in [0.717, 1.165) is 23.2 Å². The molecular weight excluding hydrogens is 294 g/mol. The third kappa shape index (κ3) is 3.84. The molecule has 126 valence electrons. The molecule has 0 fully saturated rings. The number of carbonyl (C=O) groups is 2. The minimum absolute atomic E-state index is 0.00557. The van der Waals surface area contributed by atoms with Crippen LogP contribution in [0.2, 0.25) is 0 Å². The highest BCUT2D eigenvalue weighted by molar-refractivity contribution is 5.92. The third-order valence-corrected chi connectivity index (χ3v) is 3.93. The molecule has 0 aromatic heterocycles. The first-order valence-corrected chi connectivity index (χ1v) is 7.86. The van der Waals surface area contributed by atoms with Crippen LogP contribution in [0.1, 0.15) is 52.2 Å². The first-order chi connectivity index (χ1) is 10.5. The third-order valence-electron chi connectivity index (χ3n) is 3.93. The number of carbonyl (C=O) groups excluding carboxylic acids is 1. The summed E-state index contributed by atoms with van der Waals surface area (Å²) in [5.74, 6) is -0.852. The van der Waals surface area contributed by atoms with E-state index in [4.69, 9.17) is 4.74 Å². The SMILES string of the molecule is CC(C)(C)OC(=O)N1CCc2cccc(C(C)(C)CC(=O)O)c21. The van der Waals surface area contributed by atoms with Crippen LogP contribution in [0.25, 0.3) is 0 Å². The summed E-state index contributed by atoms with van der Waals surface area (Å²) in [6.07, 6.45) is 0.381. The second-order valence-corrected chi connectivity index (χ2v) is 7.65. The number of nitrogens with zero attached hydrogens (tertiary/aromatic N) is 1. The van der Waals surface area contributed by atoms with E-state index >= 15 is 0 Å². The lowest BCUT2D eigenvalue weighted by Gasteiger charge is -2.30. The van der Waals surface area contributed by atoms with E-state index in [2.05, 4.69) is 0 Å². The lowest BCUT2D eigenvalue weighted by molar-refractivity contribution is -0.138. The van der Waals surface area contributed by atoms with Gasteiger partial charge in [-0.3, -0.25) is 9.69 Å². The fraction of sp³-hybridized carbons (Fsp3) is 0.556. The molecule has 1 aliphatic rings. The van der Waals surface area contributed by atoms with Crippen LogP contribution < -0.4 is 4.90 Å². The fourth-order valence-corrected chi connectivity index (χ4v) is 2.97. The number of carboxylic acids is 1. The predicted molar refractivity (Wildman–Crippen MR) is 89.0 cm³/mol. The van der Waals surface area contributed by atoms with Crippen molar-refractivity contribution in [3.63, 3.8) is 0 Å². The molecule has 0 saturated heterocycles. The van der Waals surface area contributed by atoms with Gasteiger partial charge in [-0.2, -0.15) is 0 Å². The number of para-hydroxylation sites is 1. The van der Waals surface area contributed by atoms with Crippen molar-refractivity contribution in [2.45, 2.75) is 58.5 Å². The molecule has 0 bridgehead atoms. The Hall–Kier alpha value is -2.04. The summed E-state index contributed by atoms with van der Waals surface area (Å²) in [6, 6.07) is 5.82. The second kappa shape index (κ2) is 5.87. The number of fused-ring (bicyclic) bond motifs is 1. The molecule has 5 nitrogen and oxygen atoms in total. The number of carboxylic acid groups (broad SMARTS) is 1. The molecule has 0 unspecified atom stereocenters. The number of benzene rings is 1. The Morgan fingerprint density at radius 1 is 1.22 bits per heavy atom. The first-order valence-electron chi connectivity index (χ1n) is 7.86. The quantitative estimate of drug-likeness (QED) is 0.921. The van der Waals surface area contributed by atoms with Gasteiger partial charge in [-0.1, -0.05) is 32.0 Å². The molecular formula is C18H25NO4. The van der Waals surface area contributed by atoms with Gasteiger partial charge in [0.1, 0.15) is 5.60 Å². The summed E-state index contributed by atoms with van der Waals surface area (Å²) < 4.78 is 5.50. The van der Waals surface area contributed by atoms with Gasteiger partial charge >= 0.3 is 12.1 Å². The number of amides is 1. The second-order valence-electron chi connectivity index (χ2n) is 7.65. The molecule has 1 aromatic carbocycles. The summed E-state index contributed by atoms with van der Waals surface area (Å²) in [6.45, 7) is 9.85. The molecule has 1 amide bonds. The summed E-state index contributed by atoms with van der Waals surface area (Å²) >= 11 is 0. The fourth-order valence-electron chi connectivity index (χ4n) is 2.97. The van der Waals surface area contributed by atoms with Gasteiger partial charge in [0.2, 0.25) is 0 Å². The van der Waals surface area contributed by atoms with E-state index in [9.17, 15) is 14.7 Å². The topological polar surface area (TPSA) is 66.8 Å². The van der Waals surface area contributed by atoms with Gasteiger partial charge in [-0.25, -0.2) is 4.79 Å². The summed E-state index contributed by atoms with van der Waals surface area (Å²) in [5, 5.41) is 9.18. The Bertz CT molecular complexity index is 628. The van der Waals surface area contributed by atoms with Crippen molar-refractivity contribution in [3.8, 4) is 0 Å². The van der Waals surface area contributed by atoms with Crippen molar-refractivity contribution in [1.29, 1.82) is 0 Å². The molecule has 1 N–H and O–H groups in total. The number of ether oxygens (including phenoxy) is 1. The Morgan fingerprint density at radius 3 is 2.43 bits per heavy atom. The largest absolute Gasteiger partial charge is 0.481 e.